The van der Waals surface area contributed by atoms with Crippen LogP contribution in [0, 0.1) is 0 Å². The molecule has 3 nitrogen and oxygen atoms in total. The molecule has 0 saturated heterocycles. The molecule has 8 aromatic carbocycles. The maximum absolute atomic E-state index is 6.51. The van der Waals surface area contributed by atoms with Crippen LogP contribution in [0.2, 0.25) is 0 Å². The summed E-state index contributed by atoms with van der Waals surface area (Å²) in [7, 11) is 0. The minimum absolute atomic E-state index is 0.0632. The molecule has 0 fully saturated rings. The van der Waals surface area contributed by atoms with Crippen LogP contribution in [0.5, 0.6) is 0 Å². The SMILES string of the molecule is CC1(C)c2ccccc2-c2cc(-c3cc(-c4cccc(-c5ccccc5)c4)nc(-c4ccc(-c5cccc6ccc7c8ccccc8oc7c56)cc4)n3)ccc21. The molecule has 0 bridgehead atoms. The molecule has 0 unspecified atom stereocenters. The van der Waals surface area contributed by atoms with Crippen molar-refractivity contribution in [3.63, 3.8) is 0 Å². The van der Waals surface area contributed by atoms with Crippen molar-refractivity contribution in [2.75, 3.05) is 0 Å². The molecule has 1 aliphatic rings. The summed E-state index contributed by atoms with van der Waals surface area (Å²) in [4.78, 5) is 10.5. The third-order valence-electron chi connectivity index (χ3n) is 11.7. The molecule has 0 N–H and O–H groups in total. The van der Waals surface area contributed by atoms with Crippen LogP contribution in [0.25, 0.3) is 100.0 Å². The fourth-order valence-electron chi connectivity index (χ4n) is 8.83. The van der Waals surface area contributed by atoms with Crippen molar-refractivity contribution in [2.24, 2.45) is 0 Å². The summed E-state index contributed by atoms with van der Waals surface area (Å²) in [5, 5.41) is 4.53. The number of aromatic nitrogens is 2. The molecule has 56 heavy (non-hydrogen) atoms. The van der Waals surface area contributed by atoms with Gasteiger partial charge in [-0.3, -0.25) is 0 Å². The van der Waals surface area contributed by atoms with Gasteiger partial charge in [-0.1, -0.05) is 166 Å². The Morgan fingerprint density at radius 1 is 0.411 bits per heavy atom. The second-order valence-corrected chi connectivity index (χ2v) is 15.4. The van der Waals surface area contributed by atoms with Crippen LogP contribution in [0.15, 0.2) is 186 Å². The molecule has 3 heteroatoms. The highest BCUT2D eigenvalue weighted by molar-refractivity contribution is 6.18. The van der Waals surface area contributed by atoms with Gasteiger partial charge in [0.05, 0.1) is 11.4 Å². The topological polar surface area (TPSA) is 38.9 Å². The molecule has 1 aliphatic carbocycles. The molecule has 2 heterocycles. The Balaban J connectivity index is 1.05. The highest BCUT2D eigenvalue weighted by atomic mass is 16.3. The van der Waals surface area contributed by atoms with Gasteiger partial charge in [-0.05, 0) is 80.2 Å². The first-order valence-corrected chi connectivity index (χ1v) is 19.2. The van der Waals surface area contributed by atoms with Crippen LogP contribution >= 0.6 is 0 Å². The lowest BCUT2D eigenvalue weighted by Gasteiger charge is -2.21. The fourth-order valence-corrected chi connectivity index (χ4v) is 8.83. The Morgan fingerprint density at radius 2 is 1.05 bits per heavy atom. The van der Waals surface area contributed by atoms with Crippen molar-refractivity contribution in [3.05, 3.63) is 193 Å². The van der Waals surface area contributed by atoms with E-state index in [1.807, 2.05) is 12.1 Å². The molecular weight excluding hydrogens is 681 g/mol. The molecule has 264 valence electrons. The van der Waals surface area contributed by atoms with E-state index in [0.717, 1.165) is 77.5 Å². The zero-order valence-corrected chi connectivity index (χ0v) is 31.1. The first kappa shape index (κ1) is 32.3. The van der Waals surface area contributed by atoms with E-state index in [2.05, 4.69) is 184 Å². The lowest BCUT2D eigenvalue weighted by atomic mass is 9.82. The van der Waals surface area contributed by atoms with Crippen molar-refractivity contribution >= 4 is 32.7 Å². The van der Waals surface area contributed by atoms with Crippen LogP contribution in [0.4, 0.5) is 0 Å². The predicted molar refractivity (Wildman–Crippen MR) is 232 cm³/mol. The van der Waals surface area contributed by atoms with Crippen molar-refractivity contribution in [2.45, 2.75) is 19.3 Å². The average Bonchev–Trinajstić information content (AvgIpc) is 3.75. The lowest BCUT2D eigenvalue weighted by Crippen LogP contribution is -2.14. The molecule has 0 saturated carbocycles. The van der Waals surface area contributed by atoms with E-state index in [0.29, 0.717) is 5.82 Å². The highest BCUT2D eigenvalue weighted by Crippen LogP contribution is 2.49. The summed E-state index contributed by atoms with van der Waals surface area (Å²) in [6, 6.07) is 64.7. The van der Waals surface area contributed by atoms with Crippen molar-refractivity contribution in [3.8, 4) is 67.3 Å². The average molecular weight is 717 g/mol. The molecule has 10 aromatic rings. The number of furan rings is 1. The maximum atomic E-state index is 6.51. The zero-order chi connectivity index (χ0) is 37.4. The monoisotopic (exact) mass is 716 g/mol. The molecule has 11 rings (SSSR count). The van der Waals surface area contributed by atoms with E-state index in [-0.39, 0.29) is 5.41 Å². The Kier molecular flexibility index (Phi) is 7.20. The van der Waals surface area contributed by atoms with Crippen LogP contribution in [0.1, 0.15) is 25.0 Å². The first-order valence-electron chi connectivity index (χ1n) is 19.2. The Hall–Kier alpha value is -7.10. The molecule has 0 radical (unpaired) electrons. The fraction of sp³-hybridized carbons (Fsp3) is 0.0566. The molecule has 0 atom stereocenters. The van der Waals surface area contributed by atoms with Gasteiger partial charge in [-0.15, -0.1) is 0 Å². The lowest BCUT2D eigenvalue weighted by molar-refractivity contribution is 0.660. The van der Waals surface area contributed by atoms with E-state index in [9.17, 15) is 0 Å². The minimum atomic E-state index is -0.0632. The Bertz CT molecular complexity index is 3150. The quantitative estimate of drug-likeness (QED) is 0.178. The van der Waals surface area contributed by atoms with Crippen molar-refractivity contribution in [1.29, 1.82) is 0 Å². The summed E-state index contributed by atoms with van der Waals surface area (Å²) in [5.41, 5.74) is 16.5. The Labute approximate surface area is 325 Å². The third-order valence-corrected chi connectivity index (χ3v) is 11.7. The highest BCUT2D eigenvalue weighted by Gasteiger charge is 2.35. The summed E-state index contributed by atoms with van der Waals surface area (Å²) < 4.78 is 6.51. The van der Waals surface area contributed by atoms with Gasteiger partial charge in [0, 0.05) is 38.3 Å². The van der Waals surface area contributed by atoms with Crippen molar-refractivity contribution in [1.82, 2.24) is 9.97 Å². The Morgan fingerprint density at radius 3 is 1.91 bits per heavy atom. The summed E-state index contributed by atoms with van der Waals surface area (Å²) >= 11 is 0. The normalized spacial score (nSPS) is 13.0. The van der Waals surface area contributed by atoms with Gasteiger partial charge in [0.15, 0.2) is 5.82 Å². The molecule has 2 aromatic heterocycles. The van der Waals surface area contributed by atoms with E-state index in [1.165, 1.54) is 27.8 Å². The summed E-state index contributed by atoms with van der Waals surface area (Å²) in [6.07, 6.45) is 0. The number of hydrogen-bond donors (Lipinski definition) is 0. The van der Waals surface area contributed by atoms with Gasteiger partial charge < -0.3 is 4.42 Å². The number of benzene rings is 8. The summed E-state index contributed by atoms with van der Waals surface area (Å²) in [6.45, 7) is 4.64. The van der Waals surface area contributed by atoms with Gasteiger partial charge in [-0.25, -0.2) is 9.97 Å². The van der Waals surface area contributed by atoms with Crippen LogP contribution in [-0.4, -0.2) is 9.97 Å². The largest absolute Gasteiger partial charge is 0.455 e. The first-order chi connectivity index (χ1) is 27.5. The molecule has 0 amide bonds. The van der Waals surface area contributed by atoms with Crippen LogP contribution in [0.3, 0.4) is 0 Å². The predicted octanol–water partition coefficient (Wildman–Crippen LogP) is 14.2. The van der Waals surface area contributed by atoms with Gasteiger partial charge >= 0.3 is 0 Å². The van der Waals surface area contributed by atoms with Gasteiger partial charge in [0.2, 0.25) is 0 Å². The number of nitrogens with zero attached hydrogens (tertiary/aromatic N) is 2. The second kappa shape index (κ2) is 12.5. The standard InChI is InChI=1S/C53H36N2O/c1-53(2)45-20-8-6-17-41(45)44-31-39(27-29-46(44)53)48-32-47(38-16-10-15-37(30-38)33-12-4-3-5-13-33)54-52(55-48)36-24-22-34(23-25-36)40-19-11-14-35-26-28-43-42-18-7-9-21-49(42)56-51(43)50(35)40/h3-32H,1-2H3. The number of para-hydroxylation sites is 1. The minimum Gasteiger partial charge on any atom is -0.455 e. The van der Waals surface area contributed by atoms with Gasteiger partial charge in [0.25, 0.3) is 0 Å². The summed E-state index contributed by atoms with van der Waals surface area (Å²) in [5.74, 6) is 0.688. The molecule has 0 spiro atoms. The van der Waals surface area contributed by atoms with E-state index < -0.39 is 0 Å². The van der Waals surface area contributed by atoms with Crippen LogP contribution in [-0.2, 0) is 5.41 Å². The van der Waals surface area contributed by atoms with Crippen molar-refractivity contribution < 1.29 is 4.42 Å². The molecule has 0 aliphatic heterocycles. The smallest absolute Gasteiger partial charge is 0.160 e. The second-order valence-electron chi connectivity index (χ2n) is 15.4. The number of fused-ring (bicyclic) bond motifs is 8. The van der Waals surface area contributed by atoms with Gasteiger partial charge in [-0.2, -0.15) is 0 Å². The van der Waals surface area contributed by atoms with Gasteiger partial charge in [0.1, 0.15) is 11.2 Å². The maximum Gasteiger partial charge on any atom is 0.160 e. The molecular formula is C53H36N2O. The van der Waals surface area contributed by atoms with E-state index >= 15 is 0 Å². The van der Waals surface area contributed by atoms with Crippen LogP contribution < -0.4 is 0 Å². The third kappa shape index (κ3) is 5.12. The zero-order valence-electron chi connectivity index (χ0n) is 31.1. The number of hydrogen-bond acceptors (Lipinski definition) is 3. The van der Waals surface area contributed by atoms with E-state index in [4.69, 9.17) is 14.4 Å². The number of rotatable bonds is 5. The van der Waals surface area contributed by atoms with E-state index in [1.54, 1.807) is 0 Å².